The number of hydrogen-bond acceptors (Lipinski definition) is 6. The molecule has 0 spiro atoms. The number of benzene rings is 2. The molecule has 3 aromatic rings. The number of allylic oxidation sites excluding steroid dienone is 1. The topological polar surface area (TPSA) is 98.6 Å². The molecule has 2 aliphatic rings. The Bertz CT molecular complexity index is 1330. The maximum Gasteiger partial charge on any atom is 0.293 e. The highest BCUT2D eigenvalue weighted by molar-refractivity contribution is 6.30. The monoisotopic (exact) mass is 529 g/mol. The van der Waals surface area contributed by atoms with Crippen LogP contribution in [0.4, 0.5) is 5.69 Å². The maximum absolute atomic E-state index is 13.5. The second kappa shape index (κ2) is 11.5. The van der Waals surface area contributed by atoms with Crippen LogP contribution in [0.1, 0.15) is 12.8 Å². The molecule has 1 saturated heterocycles. The van der Waals surface area contributed by atoms with Crippen LogP contribution in [0, 0.1) is 11.3 Å². The van der Waals surface area contributed by atoms with Crippen LogP contribution in [0.3, 0.4) is 0 Å². The lowest BCUT2D eigenvalue weighted by molar-refractivity contribution is -0.134. The van der Waals surface area contributed by atoms with E-state index in [1.807, 2.05) is 34.1 Å². The fraction of sp³-hybridized carbons (Fsp3) is 0.241. The summed E-state index contributed by atoms with van der Waals surface area (Å²) in [6.45, 7) is 2.09. The van der Waals surface area contributed by atoms with Gasteiger partial charge in [0.05, 0.1) is 0 Å². The molecule has 2 N–H and O–H groups in total. The number of ether oxygens (including phenoxy) is 1. The van der Waals surface area contributed by atoms with Gasteiger partial charge >= 0.3 is 0 Å². The Kier molecular flexibility index (Phi) is 7.70. The van der Waals surface area contributed by atoms with Crippen molar-refractivity contribution in [3.05, 3.63) is 89.5 Å². The van der Waals surface area contributed by atoms with Crippen molar-refractivity contribution in [3.63, 3.8) is 0 Å². The molecule has 1 aromatic heterocycles. The van der Waals surface area contributed by atoms with Crippen molar-refractivity contribution in [3.8, 4) is 16.9 Å². The number of anilines is 1. The molecular weight excluding hydrogens is 502 g/mol. The van der Waals surface area contributed by atoms with Crippen molar-refractivity contribution in [1.82, 2.24) is 14.8 Å². The van der Waals surface area contributed by atoms with Crippen molar-refractivity contribution in [2.45, 2.75) is 12.8 Å². The van der Waals surface area contributed by atoms with E-state index in [1.165, 1.54) is 0 Å². The number of hydrogen-bond donors (Lipinski definition) is 2. The van der Waals surface area contributed by atoms with E-state index >= 15 is 0 Å². The first-order valence-electron chi connectivity index (χ1n) is 12.6. The molecule has 2 aromatic carbocycles. The summed E-state index contributed by atoms with van der Waals surface area (Å²) >= 11 is 5.99. The normalized spacial score (nSPS) is 15.9. The summed E-state index contributed by atoms with van der Waals surface area (Å²) in [5.41, 5.74) is 2.84. The van der Waals surface area contributed by atoms with Crippen molar-refractivity contribution in [1.29, 1.82) is 5.41 Å². The van der Waals surface area contributed by atoms with Gasteiger partial charge in [-0.25, -0.2) is 0 Å². The number of amides is 2. The quantitative estimate of drug-likeness (QED) is 0.247. The van der Waals surface area contributed by atoms with Gasteiger partial charge in [0.15, 0.2) is 0 Å². The number of nitrogens with one attached hydrogen (secondary N) is 2. The SMILES string of the molecule is N=C/C(=C(/Oc1ccc(-c2cccnc2)cc1)C(=O)Nc1ccc(Cl)cc1)N1CCN(C(=O)C2CC2)CC1. The van der Waals surface area contributed by atoms with Crippen LogP contribution in [-0.2, 0) is 9.59 Å². The van der Waals surface area contributed by atoms with Crippen LogP contribution in [0.25, 0.3) is 11.1 Å². The minimum atomic E-state index is -0.487. The van der Waals surface area contributed by atoms with Crippen molar-refractivity contribution in [2.75, 3.05) is 31.5 Å². The number of aromatic nitrogens is 1. The molecule has 2 amide bonds. The Morgan fingerprint density at radius 3 is 2.24 bits per heavy atom. The molecular formula is C29H28ClN5O3. The minimum absolute atomic E-state index is 0.00560. The van der Waals surface area contributed by atoms with Crippen molar-refractivity contribution < 1.29 is 14.3 Å². The fourth-order valence-corrected chi connectivity index (χ4v) is 4.49. The van der Waals surface area contributed by atoms with E-state index in [2.05, 4.69) is 10.3 Å². The van der Waals surface area contributed by atoms with Crippen LogP contribution in [0.2, 0.25) is 5.02 Å². The van der Waals surface area contributed by atoms with Crippen LogP contribution in [0.15, 0.2) is 84.5 Å². The largest absolute Gasteiger partial charge is 0.449 e. The predicted octanol–water partition coefficient (Wildman–Crippen LogP) is 4.83. The van der Waals surface area contributed by atoms with E-state index < -0.39 is 5.91 Å². The smallest absolute Gasteiger partial charge is 0.293 e. The lowest BCUT2D eigenvalue weighted by Gasteiger charge is -2.36. The van der Waals surface area contributed by atoms with Crippen LogP contribution >= 0.6 is 11.6 Å². The van der Waals surface area contributed by atoms with Gasteiger partial charge in [-0.15, -0.1) is 0 Å². The Labute approximate surface area is 226 Å². The van der Waals surface area contributed by atoms with Crippen LogP contribution < -0.4 is 10.1 Å². The number of nitrogens with zero attached hydrogens (tertiary/aromatic N) is 3. The summed E-state index contributed by atoms with van der Waals surface area (Å²) in [5.74, 6) is 0.346. The Hall–Kier alpha value is -4.17. The molecule has 9 heteroatoms. The van der Waals surface area contributed by atoms with Gasteiger partial charge < -0.3 is 25.3 Å². The van der Waals surface area contributed by atoms with Gasteiger partial charge in [-0.2, -0.15) is 0 Å². The molecule has 1 aliphatic heterocycles. The molecule has 8 nitrogen and oxygen atoms in total. The van der Waals surface area contributed by atoms with Gasteiger partial charge in [-0.3, -0.25) is 14.6 Å². The van der Waals surface area contributed by atoms with Crippen LogP contribution in [0.5, 0.6) is 5.75 Å². The number of carbonyl (C=O) groups excluding carboxylic acids is 2. The maximum atomic E-state index is 13.5. The molecule has 5 rings (SSSR count). The average Bonchev–Trinajstić information content (AvgIpc) is 3.81. The zero-order valence-electron chi connectivity index (χ0n) is 20.8. The van der Waals surface area contributed by atoms with Gasteiger partial charge in [0.25, 0.3) is 5.91 Å². The third-order valence-corrected chi connectivity index (χ3v) is 6.86. The third kappa shape index (κ3) is 6.03. The first-order chi connectivity index (χ1) is 18.5. The number of piperazine rings is 1. The highest BCUT2D eigenvalue weighted by Crippen LogP contribution is 2.31. The second-order valence-electron chi connectivity index (χ2n) is 9.27. The zero-order chi connectivity index (χ0) is 26.5. The van der Waals surface area contributed by atoms with E-state index in [1.54, 1.807) is 48.8 Å². The molecule has 2 heterocycles. The fourth-order valence-electron chi connectivity index (χ4n) is 4.36. The lowest BCUT2D eigenvalue weighted by Crippen LogP contribution is -2.49. The number of pyridine rings is 1. The standard InChI is InChI=1S/C29H28ClN5O3/c30-23-7-9-24(10-8-23)33-28(36)27(38-25-11-5-20(6-12-25)22-2-1-13-32-19-22)26(18-31)34-14-16-35(17-15-34)29(37)21-3-4-21/h1-2,5-13,18-19,21,31H,3-4,14-17H2,(H,33,36)/b27-26-,31-18?. The highest BCUT2D eigenvalue weighted by Gasteiger charge is 2.35. The van der Waals surface area contributed by atoms with E-state index in [0.29, 0.717) is 48.3 Å². The van der Waals surface area contributed by atoms with E-state index in [9.17, 15) is 9.59 Å². The predicted molar refractivity (Wildman–Crippen MR) is 147 cm³/mol. The summed E-state index contributed by atoms with van der Waals surface area (Å²) in [4.78, 5) is 33.9. The molecule has 0 radical (unpaired) electrons. The van der Waals surface area contributed by atoms with Gasteiger partial charge in [0.2, 0.25) is 11.7 Å². The van der Waals surface area contributed by atoms with Gasteiger partial charge in [0.1, 0.15) is 11.4 Å². The van der Waals surface area contributed by atoms with Gasteiger partial charge in [-0.05, 0) is 66.4 Å². The first-order valence-corrected chi connectivity index (χ1v) is 12.9. The molecule has 0 atom stereocenters. The van der Waals surface area contributed by atoms with E-state index in [0.717, 1.165) is 30.2 Å². The van der Waals surface area contributed by atoms with Gasteiger partial charge in [0, 0.05) is 61.4 Å². The third-order valence-electron chi connectivity index (χ3n) is 6.61. The van der Waals surface area contributed by atoms with Gasteiger partial charge in [-0.1, -0.05) is 29.8 Å². The molecule has 0 unspecified atom stereocenters. The van der Waals surface area contributed by atoms with E-state index in [4.69, 9.17) is 21.7 Å². The van der Waals surface area contributed by atoms with Crippen LogP contribution in [-0.4, -0.2) is 59.0 Å². The summed E-state index contributed by atoms with van der Waals surface area (Å²) in [5, 5.41) is 11.6. The molecule has 0 bridgehead atoms. The summed E-state index contributed by atoms with van der Waals surface area (Å²) in [7, 11) is 0. The minimum Gasteiger partial charge on any atom is -0.449 e. The number of halogens is 1. The summed E-state index contributed by atoms with van der Waals surface area (Å²) < 4.78 is 6.14. The highest BCUT2D eigenvalue weighted by atomic mass is 35.5. The molecule has 194 valence electrons. The van der Waals surface area contributed by atoms with E-state index in [-0.39, 0.29) is 17.6 Å². The molecule has 38 heavy (non-hydrogen) atoms. The summed E-state index contributed by atoms with van der Waals surface area (Å²) in [6.07, 6.45) is 6.57. The van der Waals surface area contributed by atoms with Crippen molar-refractivity contribution in [2.24, 2.45) is 5.92 Å². The molecule has 2 fully saturated rings. The van der Waals surface area contributed by atoms with Crippen molar-refractivity contribution >= 4 is 35.3 Å². The number of rotatable bonds is 8. The average molecular weight is 530 g/mol. The second-order valence-corrected chi connectivity index (χ2v) is 9.71. The molecule has 1 aliphatic carbocycles. The molecule has 1 saturated carbocycles. The zero-order valence-corrected chi connectivity index (χ0v) is 21.5. The Morgan fingerprint density at radius 2 is 1.63 bits per heavy atom. The summed E-state index contributed by atoms with van der Waals surface area (Å²) in [6, 6.07) is 18.0. The Balaban J connectivity index is 1.39. The number of carbonyl (C=O) groups is 2. The lowest BCUT2D eigenvalue weighted by atomic mass is 10.1. The first kappa shape index (κ1) is 25.5. The Morgan fingerprint density at radius 1 is 0.947 bits per heavy atom.